The minimum atomic E-state index is -0.905. The lowest BCUT2D eigenvalue weighted by Gasteiger charge is -2.19. The topological polar surface area (TPSA) is 86.6 Å². The van der Waals surface area contributed by atoms with E-state index in [0.717, 1.165) is 0 Å². The van der Waals surface area contributed by atoms with Gasteiger partial charge in [-0.25, -0.2) is 0 Å². The third-order valence-electron chi connectivity index (χ3n) is 2.96. The molecule has 86 valence electrons. The fourth-order valence-corrected chi connectivity index (χ4v) is 1.39. The summed E-state index contributed by atoms with van der Waals surface area (Å²) in [7, 11) is 0. The Morgan fingerprint density at radius 2 is 2.00 bits per heavy atom. The van der Waals surface area contributed by atoms with Crippen molar-refractivity contribution in [2.75, 3.05) is 6.61 Å². The zero-order chi connectivity index (χ0) is 11.6. The lowest BCUT2D eigenvalue weighted by atomic mass is 10.0. The molecular weight excluding hydrogens is 198 g/mol. The monoisotopic (exact) mass is 215 g/mol. The molecule has 15 heavy (non-hydrogen) atoms. The van der Waals surface area contributed by atoms with Gasteiger partial charge in [-0.05, 0) is 19.3 Å². The molecule has 0 heterocycles. The Kier molecular flexibility index (Phi) is 3.68. The summed E-state index contributed by atoms with van der Waals surface area (Å²) in [6.07, 6.45) is 0.432. The molecule has 0 aromatic carbocycles. The highest BCUT2D eigenvalue weighted by atomic mass is 16.4. The first-order valence-corrected chi connectivity index (χ1v) is 5.11. The number of amides is 1. The molecule has 0 aliphatic heterocycles. The van der Waals surface area contributed by atoms with Gasteiger partial charge in [-0.1, -0.05) is 6.92 Å². The molecule has 0 radical (unpaired) electrons. The Morgan fingerprint density at radius 1 is 1.40 bits per heavy atom. The second-order valence-electron chi connectivity index (χ2n) is 4.24. The number of nitrogens with one attached hydrogen (secondary N) is 1. The largest absolute Gasteiger partial charge is 0.481 e. The van der Waals surface area contributed by atoms with Crippen LogP contribution in [-0.2, 0) is 9.59 Å². The van der Waals surface area contributed by atoms with E-state index in [1.165, 1.54) is 0 Å². The van der Waals surface area contributed by atoms with Crippen molar-refractivity contribution in [2.45, 2.75) is 26.3 Å². The molecule has 1 fully saturated rings. The van der Waals surface area contributed by atoms with E-state index in [-0.39, 0.29) is 30.4 Å². The summed E-state index contributed by atoms with van der Waals surface area (Å²) < 4.78 is 0. The maximum atomic E-state index is 11.5. The number of carboxylic acid groups (broad SMARTS) is 1. The summed E-state index contributed by atoms with van der Waals surface area (Å²) in [4.78, 5) is 22.0. The molecule has 1 aliphatic rings. The van der Waals surface area contributed by atoms with Crippen molar-refractivity contribution < 1.29 is 19.8 Å². The maximum absolute atomic E-state index is 11.5. The molecule has 1 rings (SSSR count). The summed E-state index contributed by atoms with van der Waals surface area (Å²) in [5.74, 6) is -2.03. The maximum Gasteiger partial charge on any atom is 0.307 e. The van der Waals surface area contributed by atoms with E-state index < -0.39 is 11.9 Å². The number of aliphatic carboxylic acids is 1. The Morgan fingerprint density at radius 3 is 2.40 bits per heavy atom. The number of aliphatic hydroxyl groups is 1. The predicted molar refractivity (Wildman–Crippen MR) is 53.1 cm³/mol. The van der Waals surface area contributed by atoms with Crippen LogP contribution in [0.1, 0.15) is 20.3 Å². The van der Waals surface area contributed by atoms with Crippen molar-refractivity contribution >= 4 is 11.9 Å². The fraction of sp³-hybridized carbons (Fsp3) is 0.800. The molecule has 4 unspecified atom stereocenters. The Bertz CT molecular complexity index is 266. The summed E-state index contributed by atoms with van der Waals surface area (Å²) in [5.41, 5.74) is 0. The molecule has 5 heteroatoms. The molecule has 0 saturated heterocycles. The van der Waals surface area contributed by atoms with Crippen LogP contribution in [0.4, 0.5) is 0 Å². The summed E-state index contributed by atoms with van der Waals surface area (Å²) in [5, 5.41) is 20.2. The van der Waals surface area contributed by atoms with Crippen LogP contribution >= 0.6 is 0 Å². The van der Waals surface area contributed by atoms with Gasteiger partial charge in [0.1, 0.15) is 0 Å². The van der Waals surface area contributed by atoms with Gasteiger partial charge < -0.3 is 15.5 Å². The van der Waals surface area contributed by atoms with Crippen molar-refractivity contribution in [3.8, 4) is 0 Å². The molecule has 5 nitrogen and oxygen atoms in total. The minimum absolute atomic E-state index is 0.00841. The van der Waals surface area contributed by atoms with Crippen LogP contribution in [0.25, 0.3) is 0 Å². The smallest absolute Gasteiger partial charge is 0.307 e. The quantitative estimate of drug-likeness (QED) is 0.594. The Balaban J connectivity index is 2.35. The molecule has 0 aromatic rings. The van der Waals surface area contributed by atoms with Gasteiger partial charge in [0.05, 0.1) is 11.8 Å². The van der Waals surface area contributed by atoms with Crippen LogP contribution in [0, 0.1) is 17.8 Å². The number of rotatable bonds is 5. The van der Waals surface area contributed by atoms with Gasteiger partial charge >= 0.3 is 5.97 Å². The molecule has 3 N–H and O–H groups in total. The van der Waals surface area contributed by atoms with Crippen LogP contribution in [0.5, 0.6) is 0 Å². The lowest BCUT2D eigenvalue weighted by molar-refractivity contribution is -0.140. The van der Waals surface area contributed by atoms with Crippen LogP contribution in [0.15, 0.2) is 0 Å². The van der Waals surface area contributed by atoms with E-state index >= 15 is 0 Å². The molecule has 1 saturated carbocycles. The van der Waals surface area contributed by atoms with E-state index in [1.54, 1.807) is 6.92 Å². The number of carbonyl (C=O) groups excluding carboxylic acids is 1. The second-order valence-corrected chi connectivity index (χ2v) is 4.24. The van der Waals surface area contributed by atoms with Crippen LogP contribution in [0.2, 0.25) is 0 Å². The highest BCUT2D eigenvalue weighted by Crippen LogP contribution is 2.38. The number of hydrogen-bond acceptors (Lipinski definition) is 3. The zero-order valence-corrected chi connectivity index (χ0v) is 8.93. The van der Waals surface area contributed by atoms with Gasteiger partial charge in [-0.2, -0.15) is 0 Å². The third kappa shape index (κ3) is 2.92. The first kappa shape index (κ1) is 12.0. The van der Waals surface area contributed by atoms with Gasteiger partial charge in [-0.3, -0.25) is 9.59 Å². The molecule has 1 aliphatic carbocycles. The summed E-state index contributed by atoms with van der Waals surface area (Å²) in [6.45, 7) is 3.64. The average molecular weight is 215 g/mol. The van der Waals surface area contributed by atoms with Gasteiger partial charge in [0.15, 0.2) is 0 Å². The number of carboxylic acids is 1. The van der Waals surface area contributed by atoms with E-state index in [9.17, 15) is 9.59 Å². The molecule has 0 spiro atoms. The van der Waals surface area contributed by atoms with Gasteiger partial charge in [0, 0.05) is 12.6 Å². The van der Waals surface area contributed by atoms with E-state index in [4.69, 9.17) is 10.2 Å². The molecule has 1 amide bonds. The predicted octanol–water partition coefficient (Wildman–Crippen LogP) is -0.160. The highest BCUT2D eigenvalue weighted by molar-refractivity contribution is 5.89. The molecule has 4 atom stereocenters. The fourth-order valence-electron chi connectivity index (χ4n) is 1.39. The van der Waals surface area contributed by atoms with Crippen LogP contribution in [0.3, 0.4) is 0 Å². The standard InChI is InChI=1S/C10H17NO4/c1-5(4-12)6(2)11-9(13)7-3-8(7)10(14)15/h5-8,12H,3-4H2,1-2H3,(H,11,13)(H,14,15). The Hall–Kier alpha value is -1.10. The molecular formula is C10H17NO4. The third-order valence-corrected chi connectivity index (χ3v) is 2.96. The van der Waals surface area contributed by atoms with Crippen molar-refractivity contribution in [3.63, 3.8) is 0 Å². The van der Waals surface area contributed by atoms with E-state index in [1.807, 2.05) is 6.92 Å². The SMILES string of the molecule is CC(CO)C(C)NC(=O)C1CC1C(=O)O. The summed E-state index contributed by atoms with van der Waals surface area (Å²) in [6, 6.07) is -0.127. The first-order chi connectivity index (χ1) is 6.97. The van der Waals surface area contributed by atoms with Crippen molar-refractivity contribution in [1.29, 1.82) is 0 Å². The number of carbonyl (C=O) groups is 2. The van der Waals surface area contributed by atoms with Gasteiger partial charge in [0.2, 0.25) is 5.91 Å². The lowest BCUT2D eigenvalue weighted by Crippen LogP contribution is -2.39. The normalized spacial score (nSPS) is 27.9. The van der Waals surface area contributed by atoms with Crippen molar-refractivity contribution in [3.05, 3.63) is 0 Å². The number of hydrogen-bond donors (Lipinski definition) is 3. The van der Waals surface area contributed by atoms with Crippen molar-refractivity contribution in [1.82, 2.24) is 5.32 Å². The van der Waals surface area contributed by atoms with Crippen molar-refractivity contribution in [2.24, 2.45) is 17.8 Å². The van der Waals surface area contributed by atoms with Crippen LogP contribution in [-0.4, -0.2) is 34.7 Å². The average Bonchev–Trinajstić information content (AvgIpc) is 2.95. The minimum Gasteiger partial charge on any atom is -0.481 e. The number of aliphatic hydroxyl groups excluding tert-OH is 1. The first-order valence-electron chi connectivity index (χ1n) is 5.11. The van der Waals surface area contributed by atoms with Gasteiger partial charge in [0.25, 0.3) is 0 Å². The van der Waals surface area contributed by atoms with Gasteiger partial charge in [-0.15, -0.1) is 0 Å². The highest BCUT2D eigenvalue weighted by Gasteiger charge is 2.48. The Labute approximate surface area is 88.5 Å². The van der Waals surface area contributed by atoms with Crippen LogP contribution < -0.4 is 5.32 Å². The zero-order valence-electron chi connectivity index (χ0n) is 8.93. The summed E-state index contributed by atoms with van der Waals surface area (Å²) >= 11 is 0. The van der Waals surface area contributed by atoms with E-state index in [0.29, 0.717) is 6.42 Å². The van der Waals surface area contributed by atoms with E-state index in [2.05, 4.69) is 5.32 Å². The molecule has 0 bridgehead atoms. The second kappa shape index (κ2) is 4.61. The molecule has 0 aromatic heterocycles.